The van der Waals surface area contributed by atoms with Crippen LogP contribution in [0.2, 0.25) is 0 Å². The minimum absolute atomic E-state index is 0.0596. The van der Waals surface area contributed by atoms with Crippen molar-refractivity contribution in [3.05, 3.63) is 23.9 Å². The molecule has 1 aliphatic carbocycles. The van der Waals surface area contributed by atoms with Gasteiger partial charge in [0, 0.05) is 32.3 Å². The molecule has 1 amide bonds. The Morgan fingerprint density at radius 3 is 2.68 bits per heavy atom. The minimum Gasteiger partial charge on any atom is -0.481 e. The molecule has 1 aromatic rings. The van der Waals surface area contributed by atoms with Crippen molar-refractivity contribution in [2.45, 2.75) is 44.6 Å². The van der Waals surface area contributed by atoms with E-state index in [0.29, 0.717) is 24.4 Å². The van der Waals surface area contributed by atoms with Gasteiger partial charge < -0.3 is 14.7 Å². The quantitative estimate of drug-likeness (QED) is 0.836. The van der Waals surface area contributed by atoms with Crippen molar-refractivity contribution in [2.24, 2.45) is 0 Å². The molecule has 0 spiro atoms. The average Bonchev–Trinajstić information content (AvgIpc) is 3.00. The zero-order valence-electron chi connectivity index (χ0n) is 12.8. The molecule has 0 aliphatic heterocycles. The van der Waals surface area contributed by atoms with E-state index in [-0.39, 0.29) is 18.4 Å². The van der Waals surface area contributed by atoms with Crippen molar-refractivity contribution in [3.8, 4) is 5.88 Å². The molecule has 1 heterocycles. The van der Waals surface area contributed by atoms with Crippen LogP contribution >= 0.6 is 0 Å². The smallest absolute Gasteiger partial charge is 0.303 e. The summed E-state index contributed by atoms with van der Waals surface area (Å²) in [4.78, 5) is 28.3. The van der Waals surface area contributed by atoms with E-state index in [0.717, 1.165) is 12.8 Å². The van der Waals surface area contributed by atoms with Crippen molar-refractivity contribution in [1.29, 1.82) is 0 Å². The molecular weight excluding hydrogens is 284 g/mol. The van der Waals surface area contributed by atoms with E-state index >= 15 is 0 Å². The van der Waals surface area contributed by atoms with Crippen molar-refractivity contribution in [3.63, 3.8) is 0 Å². The molecular formula is C16H22N2O4. The Morgan fingerprint density at radius 2 is 2.09 bits per heavy atom. The van der Waals surface area contributed by atoms with Gasteiger partial charge in [0.25, 0.3) is 5.91 Å². The van der Waals surface area contributed by atoms with Crippen molar-refractivity contribution in [2.75, 3.05) is 13.6 Å². The molecule has 0 radical (unpaired) electrons. The van der Waals surface area contributed by atoms with E-state index in [9.17, 15) is 9.59 Å². The standard InChI is InChI=1S/C16H22N2O4/c1-18(10-4-7-15(19)20)16(21)12-8-9-14(17-11-12)22-13-5-2-3-6-13/h8-9,11,13H,2-7,10H2,1H3,(H,19,20). The number of ether oxygens (including phenoxy) is 1. The minimum atomic E-state index is -0.851. The molecule has 1 aromatic heterocycles. The number of hydrogen-bond donors (Lipinski definition) is 1. The van der Waals surface area contributed by atoms with Gasteiger partial charge in [-0.25, -0.2) is 4.98 Å². The number of carboxylic acid groups (broad SMARTS) is 1. The molecule has 1 aliphatic rings. The predicted octanol–water partition coefficient (Wildman–Crippen LogP) is 2.34. The van der Waals surface area contributed by atoms with E-state index in [2.05, 4.69) is 4.98 Å². The maximum Gasteiger partial charge on any atom is 0.303 e. The number of hydrogen-bond acceptors (Lipinski definition) is 4. The third-order valence-electron chi connectivity index (χ3n) is 3.80. The van der Waals surface area contributed by atoms with Gasteiger partial charge in [-0.3, -0.25) is 9.59 Å². The number of rotatable bonds is 7. The van der Waals surface area contributed by atoms with Gasteiger partial charge in [0.1, 0.15) is 6.10 Å². The summed E-state index contributed by atoms with van der Waals surface area (Å²) >= 11 is 0. The summed E-state index contributed by atoms with van der Waals surface area (Å²) in [5.41, 5.74) is 0.483. The number of nitrogens with zero attached hydrogens (tertiary/aromatic N) is 2. The van der Waals surface area contributed by atoms with Crippen molar-refractivity contribution < 1.29 is 19.4 Å². The first-order chi connectivity index (χ1) is 10.6. The van der Waals surface area contributed by atoms with Crippen LogP contribution in [0.15, 0.2) is 18.3 Å². The Labute approximate surface area is 130 Å². The summed E-state index contributed by atoms with van der Waals surface area (Å²) in [6.45, 7) is 0.408. The van der Waals surface area contributed by atoms with Crippen LogP contribution in [0.5, 0.6) is 5.88 Å². The summed E-state index contributed by atoms with van der Waals surface area (Å²) < 4.78 is 5.76. The van der Waals surface area contributed by atoms with Gasteiger partial charge in [0.05, 0.1) is 5.56 Å². The average molecular weight is 306 g/mol. The molecule has 0 unspecified atom stereocenters. The molecule has 1 saturated carbocycles. The molecule has 120 valence electrons. The molecule has 1 N–H and O–H groups in total. The first kappa shape index (κ1) is 16.3. The first-order valence-corrected chi connectivity index (χ1v) is 7.66. The van der Waals surface area contributed by atoms with Gasteiger partial charge >= 0.3 is 5.97 Å². The number of carbonyl (C=O) groups is 2. The highest BCUT2D eigenvalue weighted by Gasteiger charge is 2.17. The van der Waals surface area contributed by atoms with Crippen molar-refractivity contribution in [1.82, 2.24) is 9.88 Å². The van der Waals surface area contributed by atoms with Crippen LogP contribution in [0.3, 0.4) is 0 Å². The lowest BCUT2D eigenvalue weighted by atomic mass is 10.2. The summed E-state index contributed by atoms with van der Waals surface area (Å²) in [5.74, 6) is -0.460. The highest BCUT2D eigenvalue weighted by Crippen LogP contribution is 2.23. The van der Waals surface area contributed by atoms with Crippen LogP contribution in [-0.2, 0) is 4.79 Å². The van der Waals surface area contributed by atoms with E-state index in [1.54, 1.807) is 19.2 Å². The van der Waals surface area contributed by atoms with Crippen molar-refractivity contribution >= 4 is 11.9 Å². The Balaban J connectivity index is 1.85. The lowest BCUT2D eigenvalue weighted by Gasteiger charge is -2.17. The zero-order chi connectivity index (χ0) is 15.9. The molecule has 0 aromatic carbocycles. The van der Waals surface area contributed by atoms with Gasteiger partial charge in [0.15, 0.2) is 0 Å². The fraction of sp³-hybridized carbons (Fsp3) is 0.562. The molecule has 1 fully saturated rings. The monoisotopic (exact) mass is 306 g/mol. The van der Waals surface area contributed by atoms with E-state index in [4.69, 9.17) is 9.84 Å². The van der Waals surface area contributed by atoms with Crippen LogP contribution in [0, 0.1) is 0 Å². The van der Waals surface area contributed by atoms with Gasteiger partial charge in [0.2, 0.25) is 5.88 Å². The maximum atomic E-state index is 12.2. The molecule has 0 atom stereocenters. The van der Waals surface area contributed by atoms with Gasteiger partial charge in [-0.1, -0.05) is 0 Å². The Hall–Kier alpha value is -2.11. The summed E-state index contributed by atoms with van der Waals surface area (Å²) in [6, 6.07) is 3.42. The second kappa shape index (κ2) is 7.77. The first-order valence-electron chi connectivity index (χ1n) is 7.66. The number of pyridine rings is 1. The zero-order valence-corrected chi connectivity index (χ0v) is 12.8. The van der Waals surface area contributed by atoms with E-state index in [1.165, 1.54) is 23.9 Å². The topological polar surface area (TPSA) is 79.7 Å². The second-order valence-electron chi connectivity index (χ2n) is 5.63. The number of carbonyl (C=O) groups excluding carboxylic acids is 1. The predicted molar refractivity (Wildman–Crippen MR) is 81.0 cm³/mol. The van der Waals surface area contributed by atoms with Crippen LogP contribution in [0.25, 0.3) is 0 Å². The number of aromatic nitrogens is 1. The lowest BCUT2D eigenvalue weighted by Crippen LogP contribution is -2.28. The number of aliphatic carboxylic acids is 1. The summed E-state index contributed by atoms with van der Waals surface area (Å²) in [7, 11) is 1.66. The van der Waals surface area contributed by atoms with Crippen LogP contribution < -0.4 is 4.74 Å². The molecule has 6 heteroatoms. The van der Waals surface area contributed by atoms with Gasteiger partial charge in [-0.15, -0.1) is 0 Å². The molecule has 22 heavy (non-hydrogen) atoms. The summed E-state index contributed by atoms with van der Waals surface area (Å²) in [6.07, 6.45) is 6.78. The number of carboxylic acids is 1. The number of amides is 1. The normalized spacial score (nSPS) is 14.8. The Kier molecular flexibility index (Phi) is 5.75. The van der Waals surface area contributed by atoms with E-state index < -0.39 is 5.97 Å². The largest absolute Gasteiger partial charge is 0.481 e. The highest BCUT2D eigenvalue weighted by molar-refractivity contribution is 5.93. The molecule has 0 bridgehead atoms. The Bertz CT molecular complexity index is 509. The maximum absolute atomic E-state index is 12.2. The van der Waals surface area contributed by atoms with Crippen LogP contribution in [-0.4, -0.2) is 46.6 Å². The van der Waals surface area contributed by atoms with Gasteiger partial charge in [-0.2, -0.15) is 0 Å². The summed E-state index contributed by atoms with van der Waals surface area (Å²) in [5, 5.41) is 8.60. The highest BCUT2D eigenvalue weighted by atomic mass is 16.5. The second-order valence-corrected chi connectivity index (χ2v) is 5.63. The van der Waals surface area contributed by atoms with E-state index in [1.807, 2.05) is 0 Å². The lowest BCUT2D eigenvalue weighted by molar-refractivity contribution is -0.137. The van der Waals surface area contributed by atoms with Crippen LogP contribution in [0.1, 0.15) is 48.9 Å². The SMILES string of the molecule is CN(CCCC(=O)O)C(=O)c1ccc(OC2CCCC2)nc1. The fourth-order valence-electron chi connectivity index (χ4n) is 2.54. The molecule has 6 nitrogen and oxygen atoms in total. The van der Waals surface area contributed by atoms with Gasteiger partial charge in [-0.05, 0) is 38.2 Å². The Morgan fingerprint density at radius 1 is 1.36 bits per heavy atom. The fourth-order valence-corrected chi connectivity index (χ4v) is 2.54. The molecule has 2 rings (SSSR count). The molecule has 0 saturated heterocycles. The third-order valence-corrected chi connectivity index (χ3v) is 3.80. The third kappa shape index (κ3) is 4.72. The van der Waals surface area contributed by atoms with Crippen LogP contribution in [0.4, 0.5) is 0 Å².